The van der Waals surface area contributed by atoms with E-state index in [1.54, 1.807) is 24.9 Å². The Kier molecular flexibility index (Phi) is 1.48. The van der Waals surface area contributed by atoms with Crippen molar-refractivity contribution >= 4 is 0 Å². The Morgan fingerprint density at radius 3 is 2.67 bits per heavy atom. The van der Waals surface area contributed by atoms with Crippen LogP contribution in [0.2, 0.25) is 0 Å². The highest BCUT2D eigenvalue weighted by Crippen LogP contribution is 2.06. The van der Waals surface area contributed by atoms with Gasteiger partial charge in [-0.05, 0) is 6.92 Å². The largest absolute Gasteiger partial charge is 0.387 e. The summed E-state index contributed by atoms with van der Waals surface area (Å²) in [5.74, 6) is 0. The van der Waals surface area contributed by atoms with Gasteiger partial charge in [-0.3, -0.25) is 0 Å². The van der Waals surface area contributed by atoms with E-state index < -0.39 is 6.10 Å². The van der Waals surface area contributed by atoms with Crippen LogP contribution in [0.1, 0.15) is 18.7 Å². The molecule has 1 aromatic rings. The molecule has 0 aromatic carbocycles. The fourth-order valence-corrected chi connectivity index (χ4v) is 0.676. The quantitative estimate of drug-likeness (QED) is 0.571. The summed E-state index contributed by atoms with van der Waals surface area (Å²) < 4.78 is 1.55. The Balaban J connectivity index is 2.94. The van der Waals surface area contributed by atoms with Gasteiger partial charge in [0, 0.05) is 7.05 Å². The average molecular weight is 127 g/mol. The Labute approximate surface area is 53.1 Å². The molecular weight excluding hydrogens is 118 g/mol. The van der Waals surface area contributed by atoms with Gasteiger partial charge in [-0.1, -0.05) is 5.21 Å². The molecule has 4 nitrogen and oxygen atoms in total. The Morgan fingerprint density at radius 1 is 1.78 bits per heavy atom. The smallest absolute Gasteiger partial charge is 0.0944 e. The highest BCUT2D eigenvalue weighted by atomic mass is 16.3. The fraction of sp³-hybridized carbons (Fsp3) is 0.600. The Hall–Kier alpha value is -0.900. The number of aliphatic hydroxyl groups is 1. The molecule has 0 spiro atoms. The van der Waals surface area contributed by atoms with E-state index in [4.69, 9.17) is 5.11 Å². The molecule has 9 heavy (non-hydrogen) atoms. The van der Waals surface area contributed by atoms with Crippen LogP contribution in [-0.4, -0.2) is 20.1 Å². The summed E-state index contributed by atoms with van der Waals surface area (Å²) in [4.78, 5) is 0. The summed E-state index contributed by atoms with van der Waals surface area (Å²) in [5, 5.41) is 16.2. The number of aromatic nitrogens is 3. The monoisotopic (exact) mass is 127 g/mol. The maximum atomic E-state index is 8.99. The van der Waals surface area contributed by atoms with Crippen LogP contribution in [0.4, 0.5) is 0 Å². The van der Waals surface area contributed by atoms with Crippen molar-refractivity contribution in [1.29, 1.82) is 0 Å². The minimum atomic E-state index is -0.481. The topological polar surface area (TPSA) is 50.9 Å². The van der Waals surface area contributed by atoms with Crippen molar-refractivity contribution in [2.45, 2.75) is 13.0 Å². The van der Waals surface area contributed by atoms with Gasteiger partial charge in [-0.2, -0.15) is 0 Å². The molecule has 0 fully saturated rings. The molecule has 0 bridgehead atoms. The molecule has 0 aliphatic heterocycles. The number of rotatable bonds is 1. The van der Waals surface area contributed by atoms with Gasteiger partial charge in [0.05, 0.1) is 18.0 Å². The third-order valence-electron chi connectivity index (χ3n) is 1.18. The average Bonchev–Trinajstić information content (AvgIpc) is 2.13. The van der Waals surface area contributed by atoms with Crippen LogP contribution < -0.4 is 0 Å². The Morgan fingerprint density at radius 2 is 2.44 bits per heavy atom. The molecule has 0 unspecified atom stereocenters. The first-order valence-electron chi connectivity index (χ1n) is 2.74. The van der Waals surface area contributed by atoms with E-state index in [1.165, 1.54) is 0 Å². The number of hydrogen-bond acceptors (Lipinski definition) is 3. The molecule has 0 amide bonds. The van der Waals surface area contributed by atoms with E-state index in [9.17, 15) is 0 Å². The summed E-state index contributed by atoms with van der Waals surface area (Å²) in [6, 6.07) is 0. The van der Waals surface area contributed by atoms with Gasteiger partial charge in [-0.15, -0.1) is 5.10 Å². The molecule has 1 N–H and O–H groups in total. The van der Waals surface area contributed by atoms with Crippen molar-refractivity contribution in [3.8, 4) is 0 Å². The van der Waals surface area contributed by atoms with Crippen LogP contribution in [0.3, 0.4) is 0 Å². The molecular formula is C5H9N3O. The van der Waals surface area contributed by atoms with Gasteiger partial charge in [0.2, 0.25) is 0 Å². The number of aryl methyl sites for hydroxylation is 1. The lowest BCUT2D eigenvalue weighted by Crippen LogP contribution is -2.01. The van der Waals surface area contributed by atoms with E-state index in [0.717, 1.165) is 5.69 Å². The van der Waals surface area contributed by atoms with Crippen LogP contribution in [-0.2, 0) is 7.05 Å². The second-order valence-electron chi connectivity index (χ2n) is 1.96. The molecule has 0 aliphatic rings. The molecule has 1 atom stereocenters. The maximum absolute atomic E-state index is 8.99. The lowest BCUT2D eigenvalue weighted by atomic mass is 10.3. The lowest BCUT2D eigenvalue weighted by Gasteiger charge is -2.00. The summed E-state index contributed by atoms with van der Waals surface area (Å²) in [6.45, 7) is 1.68. The zero-order chi connectivity index (χ0) is 6.85. The molecule has 0 aliphatic carbocycles. The molecule has 0 radical (unpaired) electrons. The predicted octanol–water partition coefficient (Wildman–Crippen LogP) is -0.132. The zero-order valence-corrected chi connectivity index (χ0v) is 5.44. The lowest BCUT2D eigenvalue weighted by molar-refractivity contribution is 0.189. The van der Waals surface area contributed by atoms with E-state index in [2.05, 4.69) is 10.3 Å². The number of hydrogen-bond donors (Lipinski definition) is 1. The van der Waals surface area contributed by atoms with Gasteiger partial charge in [0.15, 0.2) is 0 Å². The highest BCUT2D eigenvalue weighted by Gasteiger charge is 2.04. The second kappa shape index (κ2) is 2.14. The molecule has 4 heteroatoms. The number of nitrogens with zero attached hydrogens (tertiary/aromatic N) is 3. The normalized spacial score (nSPS) is 13.7. The third-order valence-corrected chi connectivity index (χ3v) is 1.18. The van der Waals surface area contributed by atoms with E-state index >= 15 is 0 Å². The zero-order valence-electron chi connectivity index (χ0n) is 5.44. The molecule has 50 valence electrons. The highest BCUT2D eigenvalue weighted by molar-refractivity contribution is 4.95. The van der Waals surface area contributed by atoms with Gasteiger partial charge in [0.25, 0.3) is 0 Å². The molecule has 1 aromatic heterocycles. The SMILES string of the molecule is C[C@H](O)c1cnnn1C. The first kappa shape index (κ1) is 6.22. The minimum Gasteiger partial charge on any atom is -0.387 e. The number of aliphatic hydroxyl groups excluding tert-OH is 1. The van der Waals surface area contributed by atoms with Gasteiger partial charge >= 0.3 is 0 Å². The third kappa shape index (κ3) is 1.08. The van der Waals surface area contributed by atoms with Gasteiger partial charge in [0.1, 0.15) is 0 Å². The molecule has 0 saturated carbocycles. The van der Waals surface area contributed by atoms with Gasteiger partial charge in [-0.25, -0.2) is 4.68 Å². The summed E-state index contributed by atoms with van der Waals surface area (Å²) in [5.41, 5.74) is 0.731. The van der Waals surface area contributed by atoms with E-state index in [0.29, 0.717) is 0 Å². The second-order valence-corrected chi connectivity index (χ2v) is 1.96. The standard InChI is InChI=1S/C5H9N3O/c1-4(9)5-3-6-7-8(5)2/h3-4,9H,1-2H3/t4-/m0/s1. The summed E-state index contributed by atoms with van der Waals surface area (Å²) in [6.07, 6.45) is 1.06. The maximum Gasteiger partial charge on any atom is 0.0944 e. The van der Waals surface area contributed by atoms with Crippen LogP contribution in [0.25, 0.3) is 0 Å². The molecule has 1 rings (SSSR count). The van der Waals surface area contributed by atoms with Crippen molar-refractivity contribution < 1.29 is 5.11 Å². The van der Waals surface area contributed by atoms with Crippen molar-refractivity contribution in [2.75, 3.05) is 0 Å². The van der Waals surface area contributed by atoms with Crippen molar-refractivity contribution in [2.24, 2.45) is 7.05 Å². The first-order valence-corrected chi connectivity index (χ1v) is 2.74. The minimum absolute atomic E-state index is 0.481. The van der Waals surface area contributed by atoms with E-state index in [-0.39, 0.29) is 0 Å². The van der Waals surface area contributed by atoms with Crippen molar-refractivity contribution in [3.63, 3.8) is 0 Å². The Bertz CT molecular complexity index is 194. The van der Waals surface area contributed by atoms with Crippen LogP contribution >= 0.6 is 0 Å². The van der Waals surface area contributed by atoms with Crippen LogP contribution in [0.5, 0.6) is 0 Å². The van der Waals surface area contributed by atoms with Crippen LogP contribution in [0.15, 0.2) is 6.20 Å². The fourth-order valence-electron chi connectivity index (χ4n) is 0.676. The molecule has 0 saturated heterocycles. The van der Waals surface area contributed by atoms with Gasteiger partial charge < -0.3 is 5.11 Å². The predicted molar refractivity (Wildman–Crippen MR) is 31.6 cm³/mol. The van der Waals surface area contributed by atoms with Crippen molar-refractivity contribution in [1.82, 2.24) is 15.0 Å². The first-order chi connectivity index (χ1) is 4.22. The van der Waals surface area contributed by atoms with Crippen molar-refractivity contribution in [3.05, 3.63) is 11.9 Å². The van der Waals surface area contributed by atoms with E-state index in [1.807, 2.05) is 0 Å². The summed E-state index contributed by atoms with van der Waals surface area (Å²) >= 11 is 0. The summed E-state index contributed by atoms with van der Waals surface area (Å²) in [7, 11) is 1.75. The van der Waals surface area contributed by atoms with Crippen LogP contribution in [0, 0.1) is 0 Å². The molecule has 1 heterocycles.